The van der Waals surface area contributed by atoms with Gasteiger partial charge in [0.2, 0.25) is 0 Å². The second-order valence-electron chi connectivity index (χ2n) is 9.24. The second kappa shape index (κ2) is 8.97. The smallest absolute Gasteiger partial charge is 0.179 e. The molecule has 4 aromatic carbocycles. The molecule has 176 valence electrons. The van der Waals surface area contributed by atoms with Crippen molar-refractivity contribution in [2.24, 2.45) is 0 Å². The minimum Gasteiger partial charge on any atom is -0.302 e. The third kappa shape index (κ3) is 3.62. The zero-order valence-corrected chi connectivity index (χ0v) is 20.8. The molecule has 0 aliphatic carbocycles. The van der Waals surface area contributed by atoms with Crippen molar-refractivity contribution in [1.29, 1.82) is 0 Å². The van der Waals surface area contributed by atoms with E-state index >= 15 is 0 Å². The van der Waals surface area contributed by atoms with Crippen LogP contribution in [-0.4, -0.2) is 16.1 Å². The van der Waals surface area contributed by atoms with E-state index in [0.29, 0.717) is 0 Å². The predicted molar refractivity (Wildman–Crippen MR) is 149 cm³/mol. The molecule has 0 spiro atoms. The van der Waals surface area contributed by atoms with Gasteiger partial charge in [-0.25, -0.2) is 9.97 Å². The average Bonchev–Trinajstić information content (AvgIpc) is 3.20. The van der Waals surface area contributed by atoms with Gasteiger partial charge < -0.3 is 9.80 Å². The molecule has 1 aromatic heterocycles. The molecule has 0 unspecified atom stereocenters. The van der Waals surface area contributed by atoms with E-state index in [1.807, 2.05) is 12.1 Å². The van der Waals surface area contributed by atoms with E-state index in [1.54, 1.807) is 0 Å². The lowest BCUT2D eigenvalue weighted by Gasteiger charge is -2.29. The number of hydrogen-bond donors (Lipinski definition) is 0. The fourth-order valence-corrected chi connectivity index (χ4v) is 5.12. The number of anilines is 4. The first-order valence-electron chi connectivity index (χ1n) is 12.4. The van der Waals surface area contributed by atoms with E-state index < -0.39 is 0 Å². The van der Waals surface area contributed by atoms with Gasteiger partial charge in [-0.05, 0) is 56.2 Å². The summed E-state index contributed by atoms with van der Waals surface area (Å²) >= 11 is 0. The van der Waals surface area contributed by atoms with Crippen LogP contribution in [0.3, 0.4) is 0 Å². The Kier molecular flexibility index (Phi) is 5.49. The fourth-order valence-electron chi connectivity index (χ4n) is 5.12. The molecule has 0 bridgehead atoms. The number of para-hydroxylation sites is 2. The van der Waals surface area contributed by atoms with Crippen molar-refractivity contribution >= 4 is 23.0 Å². The zero-order chi connectivity index (χ0) is 24.6. The first kappa shape index (κ1) is 22.1. The highest BCUT2D eigenvalue weighted by Crippen LogP contribution is 2.48. The summed E-state index contributed by atoms with van der Waals surface area (Å²) in [6.07, 6.45) is 0.00152. The lowest BCUT2D eigenvalue weighted by Crippen LogP contribution is -2.35. The molecular weight excluding hydrogens is 440 g/mol. The number of aryl methyl sites for hydroxylation is 2. The summed E-state index contributed by atoms with van der Waals surface area (Å²) in [7, 11) is 0. The number of aromatic nitrogens is 2. The monoisotopic (exact) mass is 468 g/mol. The van der Waals surface area contributed by atoms with Crippen LogP contribution < -0.4 is 9.80 Å². The van der Waals surface area contributed by atoms with Crippen LogP contribution >= 0.6 is 0 Å². The van der Waals surface area contributed by atoms with Gasteiger partial charge in [0.25, 0.3) is 0 Å². The Labute approximate surface area is 212 Å². The predicted octanol–water partition coefficient (Wildman–Crippen LogP) is 8.06. The first-order chi connectivity index (χ1) is 17.6. The van der Waals surface area contributed by atoms with E-state index in [0.717, 1.165) is 45.5 Å². The van der Waals surface area contributed by atoms with Crippen LogP contribution in [-0.2, 0) is 0 Å². The van der Waals surface area contributed by atoms with Crippen molar-refractivity contribution in [3.63, 3.8) is 0 Å². The fraction of sp³-hybridized carbons (Fsp3) is 0.125. The maximum atomic E-state index is 5.41. The Bertz CT molecular complexity index is 1410. The number of hydrogen-bond acceptors (Lipinski definition) is 4. The molecule has 0 atom stereocenters. The van der Waals surface area contributed by atoms with Crippen LogP contribution in [0.1, 0.15) is 18.1 Å². The molecule has 4 heteroatoms. The minimum atomic E-state index is 0.00152. The van der Waals surface area contributed by atoms with Crippen molar-refractivity contribution in [2.45, 2.75) is 26.9 Å². The summed E-state index contributed by atoms with van der Waals surface area (Å²) in [5.74, 6) is 1.74. The van der Waals surface area contributed by atoms with Crippen molar-refractivity contribution in [3.8, 4) is 22.5 Å². The van der Waals surface area contributed by atoms with Gasteiger partial charge in [0.05, 0.1) is 11.4 Å². The highest BCUT2D eigenvalue weighted by atomic mass is 15.5. The summed E-state index contributed by atoms with van der Waals surface area (Å²) in [6, 6.07) is 37.8. The molecule has 5 aromatic rings. The quantitative estimate of drug-likeness (QED) is 0.267. The lowest BCUT2D eigenvalue weighted by molar-refractivity contribution is 0.754. The van der Waals surface area contributed by atoms with E-state index in [1.165, 1.54) is 11.1 Å². The van der Waals surface area contributed by atoms with Crippen molar-refractivity contribution in [1.82, 2.24) is 9.97 Å². The number of nitrogens with zero attached hydrogens (tertiary/aromatic N) is 4. The number of fused-ring (bicyclic) bond motifs is 1. The maximum Gasteiger partial charge on any atom is 0.179 e. The number of rotatable bonds is 4. The minimum absolute atomic E-state index is 0.00152. The molecule has 0 saturated carbocycles. The summed E-state index contributed by atoms with van der Waals surface area (Å²) in [6.45, 7) is 6.49. The van der Waals surface area contributed by atoms with Crippen LogP contribution in [0, 0.1) is 13.8 Å². The van der Waals surface area contributed by atoms with Gasteiger partial charge in [0.15, 0.2) is 11.6 Å². The molecule has 0 saturated heterocycles. The van der Waals surface area contributed by atoms with Gasteiger partial charge in [0.1, 0.15) is 6.17 Å². The van der Waals surface area contributed by atoms with Gasteiger partial charge in [-0.1, -0.05) is 84.9 Å². The third-order valence-corrected chi connectivity index (χ3v) is 6.93. The Morgan fingerprint density at radius 2 is 0.861 bits per heavy atom. The highest BCUT2D eigenvalue weighted by molar-refractivity contribution is 5.90. The molecular formula is C32H28N4. The molecule has 0 fully saturated rings. The van der Waals surface area contributed by atoms with Crippen LogP contribution in [0.2, 0.25) is 0 Å². The topological polar surface area (TPSA) is 32.3 Å². The van der Waals surface area contributed by atoms with Gasteiger partial charge in [0, 0.05) is 22.5 Å². The zero-order valence-electron chi connectivity index (χ0n) is 20.8. The lowest BCUT2D eigenvalue weighted by atomic mass is 9.98. The Morgan fingerprint density at radius 1 is 0.500 bits per heavy atom. The van der Waals surface area contributed by atoms with Crippen LogP contribution in [0.5, 0.6) is 0 Å². The molecule has 2 heterocycles. The van der Waals surface area contributed by atoms with Crippen LogP contribution in [0.15, 0.2) is 109 Å². The normalized spacial score (nSPS) is 13.2. The van der Waals surface area contributed by atoms with Gasteiger partial charge in [-0.2, -0.15) is 0 Å². The van der Waals surface area contributed by atoms with E-state index in [9.17, 15) is 0 Å². The van der Waals surface area contributed by atoms with Crippen LogP contribution in [0.4, 0.5) is 23.0 Å². The Balaban J connectivity index is 1.67. The standard InChI is InChI=1S/C32H28N4/c1-22-14-10-12-20-27(22)29-30(28-21-13-11-15-23(28)2)34-32-31(33-29)35(25-16-6-4-7-17-25)24(3)36(32)26-18-8-5-9-19-26/h4-21,24H,1-3H3. The van der Waals surface area contributed by atoms with Crippen molar-refractivity contribution < 1.29 is 0 Å². The molecule has 4 nitrogen and oxygen atoms in total. The molecule has 0 N–H and O–H groups in total. The largest absolute Gasteiger partial charge is 0.302 e. The third-order valence-electron chi connectivity index (χ3n) is 6.93. The molecule has 0 amide bonds. The summed E-state index contributed by atoms with van der Waals surface area (Å²) < 4.78 is 0. The van der Waals surface area contributed by atoms with Crippen molar-refractivity contribution in [2.75, 3.05) is 9.80 Å². The summed E-state index contributed by atoms with van der Waals surface area (Å²) in [5.41, 5.74) is 8.57. The van der Waals surface area contributed by atoms with Crippen LogP contribution in [0.25, 0.3) is 22.5 Å². The maximum absolute atomic E-state index is 5.41. The summed E-state index contributed by atoms with van der Waals surface area (Å²) in [5, 5.41) is 0. The van der Waals surface area contributed by atoms with E-state index in [2.05, 4.69) is 128 Å². The highest BCUT2D eigenvalue weighted by Gasteiger charge is 2.39. The second-order valence-corrected chi connectivity index (χ2v) is 9.24. The van der Waals surface area contributed by atoms with Gasteiger partial charge in [-0.3, -0.25) is 0 Å². The molecule has 6 rings (SSSR count). The van der Waals surface area contributed by atoms with E-state index in [4.69, 9.17) is 9.97 Å². The summed E-state index contributed by atoms with van der Waals surface area (Å²) in [4.78, 5) is 15.4. The van der Waals surface area contributed by atoms with Gasteiger partial charge in [-0.15, -0.1) is 0 Å². The number of benzene rings is 4. The molecule has 36 heavy (non-hydrogen) atoms. The van der Waals surface area contributed by atoms with Crippen molar-refractivity contribution in [3.05, 3.63) is 120 Å². The SMILES string of the molecule is Cc1ccccc1-c1nc2c(nc1-c1ccccc1C)N(c1ccccc1)C(C)N2c1ccccc1. The average molecular weight is 469 g/mol. The Hall–Kier alpha value is -4.44. The molecule has 1 aliphatic rings. The Morgan fingerprint density at radius 3 is 1.25 bits per heavy atom. The molecule has 0 radical (unpaired) electrons. The van der Waals surface area contributed by atoms with Gasteiger partial charge >= 0.3 is 0 Å². The molecule has 1 aliphatic heterocycles. The van der Waals surface area contributed by atoms with E-state index in [-0.39, 0.29) is 6.17 Å². The first-order valence-corrected chi connectivity index (χ1v) is 12.4.